The molecule has 1 fully saturated rings. The maximum atomic E-state index is 14.6. The van der Waals surface area contributed by atoms with Crippen molar-refractivity contribution in [1.82, 2.24) is 30.3 Å². The highest BCUT2D eigenvalue weighted by Gasteiger charge is 2.44. The van der Waals surface area contributed by atoms with Crippen LogP contribution in [0.15, 0.2) is 66.2 Å². The molecular weight excluding hydrogens is 887 g/mol. The van der Waals surface area contributed by atoms with Crippen LogP contribution >= 0.6 is 11.3 Å². The molecule has 9 atom stereocenters. The summed E-state index contributed by atoms with van der Waals surface area (Å²) in [5, 5.41) is 11.6. The first-order chi connectivity index (χ1) is 32.3. The Morgan fingerprint density at radius 2 is 1.53 bits per heavy atom. The third-order valence-electron chi connectivity index (χ3n) is 13.1. The van der Waals surface area contributed by atoms with Gasteiger partial charge in [0, 0.05) is 59.0 Å². The van der Waals surface area contributed by atoms with Crippen molar-refractivity contribution in [2.24, 2.45) is 23.7 Å². The summed E-state index contributed by atoms with van der Waals surface area (Å²) in [5.74, 6) is -2.82. The highest BCUT2D eigenvalue weighted by atomic mass is 32.1. The van der Waals surface area contributed by atoms with E-state index in [1.165, 1.54) is 37.3 Å². The minimum atomic E-state index is -0.971. The molecule has 374 valence electrons. The topological polar surface area (TPSA) is 189 Å². The second kappa shape index (κ2) is 26.4. The maximum absolute atomic E-state index is 14.6. The van der Waals surface area contributed by atoms with Crippen LogP contribution in [-0.2, 0) is 51.2 Å². The summed E-state index contributed by atoms with van der Waals surface area (Å²) in [4.78, 5) is 91.1. The lowest BCUT2D eigenvalue weighted by atomic mass is 9.89. The molecule has 1 aromatic heterocycles. The van der Waals surface area contributed by atoms with Crippen LogP contribution in [0, 0.1) is 23.7 Å². The minimum Gasteiger partial charge on any atom is -0.445 e. The number of hydrogen-bond acceptors (Lipinski definition) is 11. The molecule has 3 aromatic rings. The molecule has 4 rings (SSSR count). The van der Waals surface area contributed by atoms with E-state index in [1.54, 1.807) is 54.4 Å². The van der Waals surface area contributed by atoms with Crippen LogP contribution in [0.5, 0.6) is 0 Å². The number of likely N-dealkylation sites (tertiary alicyclic amines) is 1. The van der Waals surface area contributed by atoms with Crippen molar-refractivity contribution >= 4 is 52.7 Å². The van der Waals surface area contributed by atoms with E-state index < -0.39 is 48.3 Å². The van der Waals surface area contributed by atoms with E-state index >= 15 is 0 Å². The number of hydrogen-bond donors (Lipinski definition) is 3. The number of thiazole rings is 1. The van der Waals surface area contributed by atoms with Gasteiger partial charge >= 0.3 is 6.09 Å². The van der Waals surface area contributed by atoms with Crippen molar-refractivity contribution < 1.29 is 43.0 Å². The van der Waals surface area contributed by atoms with Crippen molar-refractivity contribution in [2.75, 3.05) is 40.2 Å². The number of methoxy groups -OCH3 is 2. The monoisotopic (exact) mass is 962 g/mol. The lowest BCUT2D eigenvalue weighted by molar-refractivity contribution is -0.148. The fraction of sp³-hybridized carbons (Fsp3) is 0.588. The Morgan fingerprint density at radius 3 is 2.09 bits per heavy atom. The lowest BCUT2D eigenvalue weighted by Gasteiger charge is -2.41. The predicted molar refractivity (Wildman–Crippen MR) is 263 cm³/mol. The van der Waals surface area contributed by atoms with E-state index in [2.05, 4.69) is 20.9 Å². The van der Waals surface area contributed by atoms with Crippen molar-refractivity contribution in [3.05, 3.63) is 82.3 Å². The third kappa shape index (κ3) is 14.8. The average Bonchev–Trinajstić information content (AvgIpc) is 4.04. The zero-order chi connectivity index (χ0) is 50.2. The van der Waals surface area contributed by atoms with E-state index in [-0.39, 0.29) is 66.5 Å². The largest absolute Gasteiger partial charge is 0.445 e. The van der Waals surface area contributed by atoms with Crippen molar-refractivity contribution in [3.8, 4) is 0 Å². The summed E-state index contributed by atoms with van der Waals surface area (Å²) in [6, 6.07) is 13.6. The first-order valence-corrected chi connectivity index (χ1v) is 24.6. The van der Waals surface area contributed by atoms with Crippen LogP contribution in [0.1, 0.15) is 103 Å². The molecular formula is C51H75N7O9S. The maximum Gasteiger partial charge on any atom is 0.410 e. The van der Waals surface area contributed by atoms with Gasteiger partial charge in [-0.05, 0) is 60.3 Å². The van der Waals surface area contributed by atoms with Crippen molar-refractivity contribution in [1.29, 1.82) is 0 Å². The number of likely N-dealkylation sites (N-methyl/N-ethyl adjacent to an activating group) is 2. The fourth-order valence-electron chi connectivity index (χ4n) is 9.21. The Kier molecular flexibility index (Phi) is 21.4. The van der Waals surface area contributed by atoms with Gasteiger partial charge in [-0.15, -0.1) is 11.3 Å². The average molecular weight is 962 g/mol. The van der Waals surface area contributed by atoms with Gasteiger partial charge in [-0.1, -0.05) is 97.4 Å². The zero-order valence-electron chi connectivity index (χ0n) is 42.0. The molecule has 2 heterocycles. The highest BCUT2D eigenvalue weighted by Crippen LogP contribution is 2.31. The number of rotatable bonds is 24. The van der Waals surface area contributed by atoms with E-state index in [4.69, 9.17) is 14.2 Å². The molecule has 3 N–H and O–H groups in total. The molecule has 1 saturated heterocycles. The summed E-state index contributed by atoms with van der Waals surface area (Å²) < 4.78 is 17.7. The number of ether oxygens (including phenoxy) is 3. The summed E-state index contributed by atoms with van der Waals surface area (Å²) >= 11 is 1.49. The van der Waals surface area contributed by atoms with Gasteiger partial charge in [0.1, 0.15) is 23.7 Å². The van der Waals surface area contributed by atoms with Crippen LogP contribution < -0.4 is 16.0 Å². The van der Waals surface area contributed by atoms with E-state index in [0.29, 0.717) is 37.1 Å². The molecule has 0 saturated carbocycles. The SMILES string of the molecule is CCC(C)C(C(CC(=O)N1CCCC1C(OC)C(C)C(=O)NC(Cc1ccccc1)c1nccs1)OC)N(C)C(=O)C(NC(=O)C(C(C)C)N(C)C(=O)OCc1ccc(NC(C)=O)cc1)C(C)C. The van der Waals surface area contributed by atoms with E-state index in [9.17, 15) is 28.8 Å². The van der Waals surface area contributed by atoms with E-state index in [1.807, 2.05) is 84.2 Å². The summed E-state index contributed by atoms with van der Waals surface area (Å²) in [5.41, 5.74) is 2.37. The Morgan fingerprint density at radius 1 is 0.853 bits per heavy atom. The summed E-state index contributed by atoms with van der Waals surface area (Å²) in [7, 11) is 6.28. The molecule has 17 heteroatoms. The van der Waals surface area contributed by atoms with Crippen LogP contribution in [0.3, 0.4) is 0 Å². The number of amides is 6. The Hall–Kier alpha value is -5.39. The quantitative estimate of drug-likeness (QED) is 0.0857. The fourth-order valence-corrected chi connectivity index (χ4v) is 9.90. The second-order valence-electron chi connectivity index (χ2n) is 18.7. The molecule has 0 radical (unpaired) electrons. The Bertz CT molecular complexity index is 2090. The van der Waals surface area contributed by atoms with Gasteiger partial charge in [0.25, 0.3) is 0 Å². The lowest BCUT2D eigenvalue weighted by Crippen LogP contribution is -2.60. The number of anilines is 1. The zero-order valence-corrected chi connectivity index (χ0v) is 42.8. The smallest absolute Gasteiger partial charge is 0.410 e. The minimum absolute atomic E-state index is 0.0275. The van der Waals surface area contributed by atoms with Crippen LogP contribution in [0.25, 0.3) is 0 Å². The first-order valence-electron chi connectivity index (χ1n) is 23.7. The number of carbonyl (C=O) groups is 6. The van der Waals surface area contributed by atoms with Gasteiger partial charge < -0.3 is 40.0 Å². The number of nitrogens with one attached hydrogen (secondary N) is 3. The van der Waals surface area contributed by atoms with Gasteiger partial charge in [-0.2, -0.15) is 0 Å². The second-order valence-corrected chi connectivity index (χ2v) is 19.6. The molecule has 9 unspecified atom stereocenters. The Balaban J connectivity index is 1.45. The van der Waals surface area contributed by atoms with E-state index in [0.717, 1.165) is 17.0 Å². The normalized spacial score (nSPS) is 17.3. The van der Waals surface area contributed by atoms with Gasteiger partial charge in [0.15, 0.2) is 0 Å². The highest BCUT2D eigenvalue weighted by molar-refractivity contribution is 7.09. The summed E-state index contributed by atoms with van der Waals surface area (Å²) in [6.45, 7) is 15.0. The molecule has 0 spiro atoms. The molecule has 68 heavy (non-hydrogen) atoms. The van der Waals surface area contributed by atoms with Crippen molar-refractivity contribution in [3.63, 3.8) is 0 Å². The predicted octanol–water partition coefficient (Wildman–Crippen LogP) is 6.86. The van der Waals surface area contributed by atoms with Crippen LogP contribution in [-0.4, -0.2) is 127 Å². The molecule has 2 aromatic carbocycles. The molecule has 16 nitrogen and oxygen atoms in total. The standard InChI is InChI=1S/C51H75N7O9S/c1-13-33(6)45(56(9)50(63)43(31(2)3)55-48(62)44(32(4)5)57(10)51(64)67-30-37-21-23-38(24-22-37)53-35(8)59)41(65-11)29-42(60)58-26-17-20-40(58)46(66-12)34(7)47(61)54-39(49-52-25-27-68-49)28-36-18-15-14-16-19-36/h14-16,18-19,21-25,27,31-34,39-41,43-46H,13,17,20,26,28-30H2,1-12H3,(H,53,59)(H,54,61)(H,55,62). The van der Waals surface area contributed by atoms with Crippen LogP contribution in [0.2, 0.25) is 0 Å². The van der Waals surface area contributed by atoms with Gasteiger partial charge in [-0.3, -0.25) is 28.9 Å². The molecule has 6 amide bonds. The molecule has 1 aliphatic rings. The number of aromatic nitrogens is 1. The molecule has 0 aliphatic carbocycles. The van der Waals surface area contributed by atoms with Crippen LogP contribution in [0.4, 0.5) is 10.5 Å². The number of benzene rings is 2. The summed E-state index contributed by atoms with van der Waals surface area (Å²) in [6.07, 6.45) is 2.33. The van der Waals surface area contributed by atoms with Gasteiger partial charge in [0.2, 0.25) is 29.5 Å². The molecule has 1 aliphatic heterocycles. The third-order valence-corrected chi connectivity index (χ3v) is 14.0. The number of carbonyl (C=O) groups excluding carboxylic acids is 6. The Labute approximate surface area is 407 Å². The van der Waals surface area contributed by atoms with Gasteiger partial charge in [-0.25, -0.2) is 9.78 Å². The van der Waals surface area contributed by atoms with Gasteiger partial charge in [0.05, 0.1) is 42.7 Å². The first kappa shape index (κ1) is 55.2. The molecule has 0 bridgehead atoms. The van der Waals surface area contributed by atoms with Crippen molar-refractivity contribution in [2.45, 2.75) is 137 Å². The number of nitrogens with zero attached hydrogens (tertiary/aromatic N) is 4.